The Balaban J connectivity index is 2.46. The summed E-state index contributed by atoms with van der Waals surface area (Å²) in [6.45, 7) is 4.22. The van der Waals surface area contributed by atoms with E-state index in [0.29, 0.717) is 6.61 Å². The van der Waals surface area contributed by atoms with Gasteiger partial charge in [0.25, 0.3) is 5.85 Å². The molecule has 1 aromatic rings. The van der Waals surface area contributed by atoms with Gasteiger partial charge in [-0.25, -0.2) is 0 Å². The van der Waals surface area contributed by atoms with Gasteiger partial charge < -0.3 is 9.84 Å². The highest BCUT2D eigenvalue weighted by Gasteiger charge is 2.25. The van der Waals surface area contributed by atoms with Gasteiger partial charge in [-0.2, -0.15) is 0 Å². The summed E-state index contributed by atoms with van der Waals surface area (Å²) in [6, 6.07) is 7.35. The number of ether oxygens (including phenoxy) is 1. The fraction of sp³-hybridized carbons (Fsp3) is 0.455. The topological polar surface area (TPSA) is 55.8 Å². The molecule has 5 heteroatoms. The molecule has 0 saturated carbocycles. The molecule has 88 valence electrons. The Morgan fingerprint density at radius 1 is 1.38 bits per heavy atom. The predicted molar refractivity (Wildman–Crippen MR) is 61.7 cm³/mol. The molecular weight excluding hydrogens is 227 g/mol. The van der Waals surface area contributed by atoms with Crippen molar-refractivity contribution in [2.24, 2.45) is 0 Å². The fourth-order valence-electron chi connectivity index (χ4n) is 1.09. The standard InChI is InChI=1S/C11H16O4P/c1-3-14-11-6-4-10(5-7-11)8-15-16(13)9(2)12/h4-7,9,12H,3,8H2,1-2H3/q+1. The Morgan fingerprint density at radius 2 is 2.00 bits per heavy atom. The smallest absolute Gasteiger partial charge is 0.494 e. The number of hydrogen-bond acceptors (Lipinski definition) is 4. The molecule has 1 aromatic carbocycles. The van der Waals surface area contributed by atoms with Crippen LogP contribution in [0.25, 0.3) is 0 Å². The second-order valence-electron chi connectivity index (χ2n) is 3.27. The number of rotatable bonds is 6. The summed E-state index contributed by atoms with van der Waals surface area (Å²) in [6.07, 6.45) is 0. The van der Waals surface area contributed by atoms with E-state index in [2.05, 4.69) is 0 Å². The van der Waals surface area contributed by atoms with Crippen LogP contribution in [0.4, 0.5) is 0 Å². The number of aliphatic hydroxyl groups is 1. The summed E-state index contributed by atoms with van der Waals surface area (Å²) in [5.74, 6) is -0.135. The van der Waals surface area contributed by atoms with E-state index < -0.39 is 13.9 Å². The van der Waals surface area contributed by atoms with Crippen molar-refractivity contribution in [2.45, 2.75) is 26.3 Å². The average molecular weight is 243 g/mol. The minimum Gasteiger partial charge on any atom is -0.494 e. The van der Waals surface area contributed by atoms with Crippen molar-refractivity contribution in [2.75, 3.05) is 6.61 Å². The molecule has 2 atom stereocenters. The van der Waals surface area contributed by atoms with Gasteiger partial charge in [-0.1, -0.05) is 12.1 Å². The molecular formula is C11H16O4P+. The highest BCUT2D eigenvalue weighted by atomic mass is 31.1. The van der Waals surface area contributed by atoms with Crippen molar-refractivity contribution >= 4 is 8.03 Å². The lowest BCUT2D eigenvalue weighted by atomic mass is 10.2. The van der Waals surface area contributed by atoms with Gasteiger partial charge in [0.1, 0.15) is 12.4 Å². The first kappa shape index (κ1) is 13.1. The van der Waals surface area contributed by atoms with E-state index in [1.54, 1.807) is 0 Å². The van der Waals surface area contributed by atoms with E-state index >= 15 is 0 Å². The minimum absolute atomic E-state index is 0.229. The second-order valence-corrected chi connectivity index (χ2v) is 4.84. The Kier molecular flexibility index (Phi) is 5.39. The molecule has 0 aliphatic heterocycles. The lowest BCUT2D eigenvalue weighted by Gasteiger charge is -2.02. The molecule has 4 nitrogen and oxygen atoms in total. The van der Waals surface area contributed by atoms with Crippen molar-refractivity contribution < 1.29 is 18.9 Å². The molecule has 1 rings (SSSR count). The van der Waals surface area contributed by atoms with Gasteiger partial charge in [-0.15, -0.1) is 4.52 Å². The number of hydrogen-bond donors (Lipinski definition) is 1. The summed E-state index contributed by atoms with van der Waals surface area (Å²) < 4.78 is 21.4. The van der Waals surface area contributed by atoms with Crippen molar-refractivity contribution in [1.29, 1.82) is 0 Å². The summed E-state index contributed by atoms with van der Waals surface area (Å²) in [4.78, 5) is 0. The predicted octanol–water partition coefficient (Wildman–Crippen LogP) is 2.68. The van der Waals surface area contributed by atoms with Gasteiger partial charge in [0.05, 0.1) is 6.61 Å². The van der Waals surface area contributed by atoms with E-state index in [4.69, 9.17) is 14.4 Å². The molecule has 0 heterocycles. The van der Waals surface area contributed by atoms with Crippen LogP contribution in [0.1, 0.15) is 19.4 Å². The third-order valence-electron chi connectivity index (χ3n) is 1.90. The maximum Gasteiger partial charge on any atom is 0.540 e. The van der Waals surface area contributed by atoms with Crippen molar-refractivity contribution in [1.82, 2.24) is 0 Å². The van der Waals surface area contributed by atoms with Crippen molar-refractivity contribution in [3.8, 4) is 5.75 Å². The Morgan fingerprint density at radius 3 is 2.50 bits per heavy atom. The Bertz CT molecular complexity index is 334. The van der Waals surface area contributed by atoms with E-state index in [9.17, 15) is 4.57 Å². The van der Waals surface area contributed by atoms with E-state index in [1.165, 1.54) is 6.92 Å². The monoisotopic (exact) mass is 243 g/mol. The minimum atomic E-state index is -2.00. The molecule has 0 aromatic heterocycles. The lowest BCUT2D eigenvalue weighted by molar-refractivity contribution is 0.228. The van der Waals surface area contributed by atoms with Crippen LogP contribution in [0.3, 0.4) is 0 Å². The SMILES string of the molecule is CCOc1ccc(CO[P+](=O)C(C)O)cc1. The third kappa shape index (κ3) is 4.27. The summed E-state index contributed by atoms with van der Waals surface area (Å²) in [7, 11) is -2.00. The Hall–Kier alpha value is -0.960. The lowest BCUT2D eigenvalue weighted by Crippen LogP contribution is -1.96. The molecule has 0 bridgehead atoms. The molecule has 0 aliphatic rings. The quantitative estimate of drug-likeness (QED) is 0.780. The molecule has 0 saturated heterocycles. The maximum atomic E-state index is 11.1. The third-order valence-corrected chi connectivity index (χ3v) is 2.89. The molecule has 0 spiro atoms. The maximum absolute atomic E-state index is 11.1. The molecule has 0 radical (unpaired) electrons. The molecule has 0 amide bonds. The zero-order valence-corrected chi connectivity index (χ0v) is 10.3. The van der Waals surface area contributed by atoms with Crippen molar-refractivity contribution in [3.63, 3.8) is 0 Å². The van der Waals surface area contributed by atoms with Crippen LogP contribution in [-0.4, -0.2) is 17.6 Å². The van der Waals surface area contributed by atoms with Gasteiger partial charge in [0, 0.05) is 6.92 Å². The zero-order valence-electron chi connectivity index (χ0n) is 9.42. The normalized spacial score (nSPS) is 13.3. The second kappa shape index (κ2) is 6.59. The summed E-state index contributed by atoms with van der Waals surface area (Å²) >= 11 is 0. The first-order valence-electron chi connectivity index (χ1n) is 5.12. The largest absolute Gasteiger partial charge is 0.540 e. The molecule has 16 heavy (non-hydrogen) atoms. The van der Waals surface area contributed by atoms with Gasteiger partial charge in [-0.05, 0) is 29.2 Å². The Labute approximate surface area is 96.1 Å². The van der Waals surface area contributed by atoms with E-state index in [-0.39, 0.29) is 6.61 Å². The highest BCUT2D eigenvalue weighted by Crippen LogP contribution is 2.28. The summed E-state index contributed by atoms with van der Waals surface area (Å²) in [5.41, 5.74) is 0.896. The van der Waals surface area contributed by atoms with Crippen LogP contribution in [0.15, 0.2) is 24.3 Å². The fourth-order valence-corrected chi connectivity index (χ4v) is 1.59. The van der Waals surface area contributed by atoms with Gasteiger partial charge in [-0.3, -0.25) is 0 Å². The first-order valence-corrected chi connectivity index (χ1v) is 6.37. The van der Waals surface area contributed by atoms with Crippen LogP contribution in [0.2, 0.25) is 0 Å². The van der Waals surface area contributed by atoms with Gasteiger partial charge >= 0.3 is 8.03 Å². The van der Waals surface area contributed by atoms with Crippen LogP contribution in [0, 0.1) is 0 Å². The van der Waals surface area contributed by atoms with Crippen LogP contribution in [0.5, 0.6) is 5.75 Å². The van der Waals surface area contributed by atoms with Crippen molar-refractivity contribution in [3.05, 3.63) is 29.8 Å². The number of aliphatic hydroxyl groups excluding tert-OH is 1. The van der Waals surface area contributed by atoms with Gasteiger partial charge in [0.15, 0.2) is 0 Å². The molecule has 0 aliphatic carbocycles. The van der Waals surface area contributed by atoms with Crippen LogP contribution in [-0.2, 0) is 15.7 Å². The number of benzene rings is 1. The van der Waals surface area contributed by atoms with Crippen LogP contribution < -0.4 is 4.74 Å². The molecule has 0 fully saturated rings. The highest BCUT2D eigenvalue weighted by molar-refractivity contribution is 7.39. The van der Waals surface area contributed by atoms with E-state index in [1.807, 2.05) is 31.2 Å². The molecule has 2 unspecified atom stereocenters. The van der Waals surface area contributed by atoms with E-state index in [0.717, 1.165) is 11.3 Å². The average Bonchev–Trinajstić information content (AvgIpc) is 2.28. The van der Waals surface area contributed by atoms with Crippen LogP contribution >= 0.6 is 8.03 Å². The summed E-state index contributed by atoms with van der Waals surface area (Å²) in [5, 5.41) is 8.98. The van der Waals surface area contributed by atoms with Gasteiger partial charge in [0.2, 0.25) is 0 Å². The zero-order chi connectivity index (χ0) is 12.0. The first-order chi connectivity index (χ1) is 7.63. The molecule has 1 N–H and O–H groups in total.